The summed E-state index contributed by atoms with van der Waals surface area (Å²) < 4.78 is 10.7. The van der Waals surface area contributed by atoms with Crippen molar-refractivity contribution in [3.05, 3.63) is 54.1 Å². The first-order valence-electron chi connectivity index (χ1n) is 9.90. The average molecular weight is 396 g/mol. The van der Waals surface area contributed by atoms with E-state index >= 15 is 0 Å². The van der Waals surface area contributed by atoms with E-state index in [9.17, 15) is 9.59 Å². The minimum atomic E-state index is -0.187. The Morgan fingerprint density at radius 2 is 1.76 bits per heavy atom. The van der Waals surface area contributed by atoms with E-state index in [0.29, 0.717) is 31.2 Å². The second kappa shape index (κ2) is 9.45. The van der Waals surface area contributed by atoms with E-state index < -0.39 is 0 Å². The van der Waals surface area contributed by atoms with Gasteiger partial charge in [-0.25, -0.2) is 0 Å². The quantitative estimate of drug-likeness (QED) is 0.743. The van der Waals surface area contributed by atoms with Crippen molar-refractivity contribution in [1.29, 1.82) is 0 Å². The van der Waals surface area contributed by atoms with Crippen molar-refractivity contribution < 1.29 is 19.1 Å². The van der Waals surface area contributed by atoms with Crippen LogP contribution < -0.4 is 19.7 Å². The highest BCUT2D eigenvalue weighted by molar-refractivity contribution is 5.95. The van der Waals surface area contributed by atoms with E-state index in [4.69, 9.17) is 9.47 Å². The maximum atomic E-state index is 12.3. The van der Waals surface area contributed by atoms with Crippen LogP contribution in [0.3, 0.4) is 0 Å². The summed E-state index contributed by atoms with van der Waals surface area (Å²) in [7, 11) is 1.61. The molecule has 0 aliphatic carbocycles. The molecule has 2 aromatic rings. The van der Waals surface area contributed by atoms with Crippen LogP contribution in [0.2, 0.25) is 0 Å². The molecule has 29 heavy (non-hydrogen) atoms. The number of ether oxygens (including phenoxy) is 2. The Labute approximate surface area is 171 Å². The molecule has 154 valence electrons. The number of nitrogens with one attached hydrogen (secondary N) is 1. The van der Waals surface area contributed by atoms with Crippen LogP contribution in [0.25, 0.3) is 0 Å². The maximum absolute atomic E-state index is 12.3. The Bertz CT molecular complexity index is 831. The van der Waals surface area contributed by atoms with Crippen molar-refractivity contribution in [2.45, 2.75) is 26.2 Å². The molecule has 0 bridgehead atoms. The van der Waals surface area contributed by atoms with E-state index in [-0.39, 0.29) is 24.3 Å². The van der Waals surface area contributed by atoms with Crippen LogP contribution in [0, 0.1) is 5.92 Å². The zero-order chi connectivity index (χ0) is 20.8. The Hall–Kier alpha value is -3.02. The van der Waals surface area contributed by atoms with Gasteiger partial charge in [-0.1, -0.05) is 26.0 Å². The fraction of sp³-hybridized carbons (Fsp3) is 0.391. The normalized spacial score (nSPS) is 16.2. The second-order valence-electron chi connectivity index (χ2n) is 7.59. The number of carbonyl (C=O) groups is 2. The van der Waals surface area contributed by atoms with Crippen LogP contribution in [0.1, 0.15) is 31.7 Å². The largest absolute Gasteiger partial charge is 0.497 e. The lowest BCUT2D eigenvalue weighted by Crippen LogP contribution is -2.34. The van der Waals surface area contributed by atoms with Gasteiger partial charge in [-0.05, 0) is 47.9 Å². The molecule has 1 atom stereocenters. The number of nitrogens with zero attached hydrogens (tertiary/aromatic N) is 1. The summed E-state index contributed by atoms with van der Waals surface area (Å²) in [4.78, 5) is 26.2. The Morgan fingerprint density at radius 1 is 1.10 bits per heavy atom. The van der Waals surface area contributed by atoms with Gasteiger partial charge in [0.2, 0.25) is 5.91 Å². The summed E-state index contributed by atoms with van der Waals surface area (Å²) in [6.45, 7) is 5.26. The molecule has 1 aliphatic rings. The minimum absolute atomic E-state index is 0.0378. The zero-order valence-electron chi connectivity index (χ0n) is 17.2. The number of hydrogen-bond acceptors (Lipinski definition) is 4. The van der Waals surface area contributed by atoms with Gasteiger partial charge in [0.05, 0.1) is 7.11 Å². The van der Waals surface area contributed by atoms with Crippen LogP contribution in [0.5, 0.6) is 11.5 Å². The van der Waals surface area contributed by atoms with Gasteiger partial charge in [0.15, 0.2) is 6.61 Å². The summed E-state index contributed by atoms with van der Waals surface area (Å²) in [5.41, 5.74) is 2.08. The van der Waals surface area contributed by atoms with E-state index in [1.54, 1.807) is 12.0 Å². The van der Waals surface area contributed by atoms with Crippen molar-refractivity contribution in [3.8, 4) is 11.5 Å². The maximum Gasteiger partial charge on any atom is 0.257 e. The summed E-state index contributed by atoms with van der Waals surface area (Å²) >= 11 is 0. The van der Waals surface area contributed by atoms with Gasteiger partial charge in [-0.15, -0.1) is 0 Å². The van der Waals surface area contributed by atoms with Gasteiger partial charge >= 0.3 is 0 Å². The van der Waals surface area contributed by atoms with E-state index in [0.717, 1.165) is 11.4 Å². The average Bonchev–Trinajstić information content (AvgIpc) is 3.11. The van der Waals surface area contributed by atoms with Gasteiger partial charge in [-0.2, -0.15) is 0 Å². The number of methoxy groups -OCH3 is 1. The number of anilines is 1. The highest BCUT2D eigenvalue weighted by Gasteiger charge is 2.30. The topological polar surface area (TPSA) is 67.9 Å². The molecule has 0 aromatic heterocycles. The molecule has 1 saturated heterocycles. The lowest BCUT2D eigenvalue weighted by molar-refractivity contribution is -0.123. The highest BCUT2D eigenvalue weighted by Crippen LogP contribution is 2.26. The highest BCUT2D eigenvalue weighted by atomic mass is 16.5. The van der Waals surface area contributed by atoms with Gasteiger partial charge < -0.3 is 19.7 Å². The molecule has 1 N–H and O–H groups in total. The fourth-order valence-electron chi connectivity index (χ4n) is 3.34. The lowest BCUT2D eigenvalue weighted by atomic mass is 10.0. The van der Waals surface area contributed by atoms with Crippen molar-refractivity contribution in [2.24, 2.45) is 5.92 Å². The smallest absolute Gasteiger partial charge is 0.257 e. The predicted molar refractivity (Wildman–Crippen MR) is 112 cm³/mol. The Balaban J connectivity index is 1.43. The number of amides is 2. The van der Waals surface area contributed by atoms with Crippen molar-refractivity contribution >= 4 is 17.5 Å². The third kappa shape index (κ3) is 5.50. The molecule has 1 fully saturated rings. The van der Waals surface area contributed by atoms with Gasteiger partial charge in [0.1, 0.15) is 11.5 Å². The molecule has 2 aromatic carbocycles. The fourth-order valence-corrected chi connectivity index (χ4v) is 3.34. The first-order chi connectivity index (χ1) is 14.0. The standard InChI is InChI=1S/C23H28N2O4/c1-16(2)18-4-8-21(9-5-18)29-15-22(26)24-13-17-12-23(27)25(14-17)19-6-10-20(28-3)11-7-19/h4-11,16-17H,12-15H2,1-3H3,(H,24,26). The van der Waals surface area contributed by atoms with E-state index in [1.165, 1.54) is 5.56 Å². The first kappa shape index (κ1) is 20.7. The van der Waals surface area contributed by atoms with Crippen molar-refractivity contribution in [3.63, 3.8) is 0 Å². The molecule has 1 unspecified atom stereocenters. The number of hydrogen-bond donors (Lipinski definition) is 1. The zero-order valence-corrected chi connectivity index (χ0v) is 17.2. The molecule has 0 radical (unpaired) electrons. The van der Waals surface area contributed by atoms with Crippen LogP contribution in [-0.2, 0) is 9.59 Å². The predicted octanol–water partition coefficient (Wildman–Crippen LogP) is 3.37. The number of benzene rings is 2. The molecule has 1 aliphatic heterocycles. The summed E-state index contributed by atoms with van der Waals surface area (Å²) in [5.74, 6) is 1.84. The molecule has 3 rings (SSSR count). The third-order valence-corrected chi connectivity index (χ3v) is 5.09. The number of carbonyl (C=O) groups excluding carboxylic acids is 2. The Kier molecular flexibility index (Phi) is 6.75. The van der Waals surface area contributed by atoms with Crippen LogP contribution in [-0.4, -0.2) is 38.6 Å². The molecular weight excluding hydrogens is 368 g/mol. The first-order valence-corrected chi connectivity index (χ1v) is 9.90. The molecule has 0 saturated carbocycles. The molecule has 0 spiro atoms. The third-order valence-electron chi connectivity index (χ3n) is 5.09. The molecule has 6 heteroatoms. The van der Waals surface area contributed by atoms with Gasteiger partial charge in [0, 0.05) is 31.1 Å². The van der Waals surface area contributed by atoms with Crippen LogP contribution in [0.4, 0.5) is 5.69 Å². The lowest BCUT2D eigenvalue weighted by Gasteiger charge is -2.17. The SMILES string of the molecule is COc1ccc(N2CC(CNC(=O)COc3ccc(C(C)C)cc3)CC2=O)cc1. The van der Waals surface area contributed by atoms with Gasteiger partial charge in [-0.3, -0.25) is 9.59 Å². The summed E-state index contributed by atoms with van der Waals surface area (Å²) in [6, 6.07) is 15.2. The summed E-state index contributed by atoms with van der Waals surface area (Å²) in [6.07, 6.45) is 0.420. The molecule has 1 heterocycles. The molecule has 6 nitrogen and oxygen atoms in total. The molecule has 2 amide bonds. The summed E-state index contributed by atoms with van der Waals surface area (Å²) in [5, 5.41) is 2.87. The Morgan fingerprint density at radius 3 is 2.38 bits per heavy atom. The second-order valence-corrected chi connectivity index (χ2v) is 7.59. The van der Waals surface area contributed by atoms with E-state index in [1.807, 2.05) is 48.5 Å². The van der Waals surface area contributed by atoms with Crippen LogP contribution >= 0.6 is 0 Å². The number of rotatable bonds is 8. The van der Waals surface area contributed by atoms with Crippen LogP contribution in [0.15, 0.2) is 48.5 Å². The van der Waals surface area contributed by atoms with Gasteiger partial charge in [0.25, 0.3) is 5.91 Å². The van der Waals surface area contributed by atoms with Crippen molar-refractivity contribution in [1.82, 2.24) is 5.32 Å². The van der Waals surface area contributed by atoms with E-state index in [2.05, 4.69) is 19.2 Å². The molecular formula is C23H28N2O4. The van der Waals surface area contributed by atoms with Crippen molar-refractivity contribution in [2.75, 3.05) is 31.7 Å². The minimum Gasteiger partial charge on any atom is -0.497 e. The monoisotopic (exact) mass is 396 g/mol.